The molecule has 0 spiro atoms. The lowest BCUT2D eigenvalue weighted by molar-refractivity contribution is -0.384. The smallest absolute Gasteiger partial charge is 0.293 e. The third-order valence-electron chi connectivity index (χ3n) is 4.92. The minimum Gasteiger partial charge on any atom is -0.454 e. The first-order chi connectivity index (χ1) is 15.9. The molecule has 1 saturated heterocycles. The lowest BCUT2D eigenvalue weighted by Crippen LogP contribution is -2.37. The minimum atomic E-state index is -0.594. The number of imide groups is 1. The van der Waals surface area contributed by atoms with Crippen molar-refractivity contribution in [3.63, 3.8) is 0 Å². The van der Waals surface area contributed by atoms with Crippen LogP contribution in [0.5, 0.6) is 11.5 Å². The molecule has 0 aromatic heterocycles. The van der Waals surface area contributed by atoms with Crippen molar-refractivity contribution in [1.29, 1.82) is 0 Å². The number of fused-ring (bicyclic) bond motifs is 1. The van der Waals surface area contributed by atoms with Crippen LogP contribution in [0.15, 0.2) is 41.3 Å². The molecular formula is C21H18N4O7S. The van der Waals surface area contributed by atoms with Crippen LogP contribution in [0, 0.1) is 10.1 Å². The Labute approximate surface area is 191 Å². The van der Waals surface area contributed by atoms with Crippen LogP contribution in [0.1, 0.15) is 15.9 Å². The molecule has 2 aromatic rings. The number of hydrogen-bond acceptors (Lipinski definition) is 9. The van der Waals surface area contributed by atoms with E-state index in [9.17, 15) is 24.5 Å². The van der Waals surface area contributed by atoms with Gasteiger partial charge in [-0.25, -0.2) is 0 Å². The summed E-state index contributed by atoms with van der Waals surface area (Å²) in [7, 11) is 1.59. The number of rotatable bonds is 7. The molecule has 0 atom stereocenters. The van der Waals surface area contributed by atoms with E-state index in [0.29, 0.717) is 22.7 Å². The van der Waals surface area contributed by atoms with Gasteiger partial charge in [-0.15, -0.1) is 0 Å². The molecule has 11 nitrogen and oxygen atoms in total. The Hall–Kier alpha value is -4.06. The van der Waals surface area contributed by atoms with Gasteiger partial charge in [-0.2, -0.15) is 0 Å². The number of ether oxygens (including phenoxy) is 2. The molecule has 0 aliphatic carbocycles. The average Bonchev–Trinajstić information content (AvgIpc) is 3.37. The van der Waals surface area contributed by atoms with Gasteiger partial charge in [-0.3, -0.25) is 29.4 Å². The van der Waals surface area contributed by atoms with E-state index >= 15 is 0 Å². The summed E-state index contributed by atoms with van der Waals surface area (Å²) < 4.78 is 10.6. The van der Waals surface area contributed by atoms with Gasteiger partial charge in [0.05, 0.1) is 15.4 Å². The molecule has 2 N–H and O–H groups in total. The molecule has 2 heterocycles. The molecule has 4 rings (SSSR count). The maximum atomic E-state index is 12.7. The molecule has 0 unspecified atom stereocenters. The molecular weight excluding hydrogens is 452 g/mol. The highest BCUT2D eigenvalue weighted by atomic mass is 32.2. The molecule has 2 aromatic carbocycles. The van der Waals surface area contributed by atoms with Gasteiger partial charge in [-0.1, -0.05) is 6.07 Å². The van der Waals surface area contributed by atoms with Crippen LogP contribution < -0.4 is 20.1 Å². The summed E-state index contributed by atoms with van der Waals surface area (Å²) in [6, 6.07) is 9.07. The number of nitro groups is 1. The van der Waals surface area contributed by atoms with Crippen molar-refractivity contribution < 1.29 is 28.8 Å². The van der Waals surface area contributed by atoms with E-state index in [1.807, 2.05) is 0 Å². The van der Waals surface area contributed by atoms with Gasteiger partial charge in [-0.05, 0) is 41.6 Å². The minimum absolute atomic E-state index is 0.0139. The van der Waals surface area contributed by atoms with Crippen molar-refractivity contribution in [2.75, 3.05) is 32.2 Å². The van der Waals surface area contributed by atoms with Gasteiger partial charge in [0.2, 0.25) is 6.79 Å². The quantitative estimate of drug-likeness (QED) is 0.355. The van der Waals surface area contributed by atoms with Crippen molar-refractivity contribution in [3.8, 4) is 11.5 Å². The van der Waals surface area contributed by atoms with Crippen LogP contribution in [-0.2, 0) is 4.79 Å². The van der Waals surface area contributed by atoms with Gasteiger partial charge < -0.3 is 20.1 Å². The SMILES string of the molecule is CNc1ccc([N+](=O)[O-])cc1C(=O)NCCN1C(=O)S/C(=C\c2ccc3c(c2)OCO3)C1=O. The van der Waals surface area contributed by atoms with Crippen molar-refractivity contribution >= 4 is 46.3 Å². The Morgan fingerprint density at radius 1 is 1.21 bits per heavy atom. The summed E-state index contributed by atoms with van der Waals surface area (Å²) in [4.78, 5) is 49.2. The summed E-state index contributed by atoms with van der Waals surface area (Å²) >= 11 is 0.805. The Bertz CT molecular complexity index is 1200. The van der Waals surface area contributed by atoms with Crippen molar-refractivity contribution in [1.82, 2.24) is 10.2 Å². The fourth-order valence-electron chi connectivity index (χ4n) is 3.28. The zero-order chi connectivity index (χ0) is 23.5. The number of amides is 3. The Balaban J connectivity index is 1.40. The van der Waals surface area contributed by atoms with E-state index in [-0.39, 0.29) is 36.0 Å². The third kappa shape index (κ3) is 4.60. The number of carbonyl (C=O) groups excluding carboxylic acids is 3. The van der Waals surface area contributed by atoms with Crippen LogP contribution in [-0.4, -0.2) is 53.8 Å². The summed E-state index contributed by atoms with van der Waals surface area (Å²) in [6.45, 7) is 0.0753. The van der Waals surface area contributed by atoms with E-state index < -0.39 is 22.0 Å². The molecule has 0 saturated carbocycles. The molecule has 1 fully saturated rings. The maximum Gasteiger partial charge on any atom is 0.293 e. The standard InChI is InChI=1S/C21H18N4O7S/c1-22-15-4-3-13(25(29)30)10-14(15)19(26)23-6-7-24-20(27)18(33-21(24)28)9-12-2-5-16-17(8-12)32-11-31-16/h2-5,8-10,22H,6-7,11H2,1H3,(H,23,26)/b18-9-. The highest BCUT2D eigenvalue weighted by molar-refractivity contribution is 8.18. The molecule has 2 aliphatic heterocycles. The maximum absolute atomic E-state index is 12.7. The fourth-order valence-corrected chi connectivity index (χ4v) is 4.14. The second-order valence-electron chi connectivity index (χ2n) is 6.94. The molecule has 2 aliphatic rings. The second kappa shape index (κ2) is 9.20. The number of thioether (sulfide) groups is 1. The average molecular weight is 470 g/mol. The van der Waals surface area contributed by atoms with Crippen molar-refractivity contribution in [2.24, 2.45) is 0 Å². The monoisotopic (exact) mass is 470 g/mol. The Kier molecular flexibility index (Phi) is 6.18. The van der Waals surface area contributed by atoms with Crippen LogP contribution in [0.3, 0.4) is 0 Å². The Morgan fingerprint density at radius 2 is 2.00 bits per heavy atom. The highest BCUT2D eigenvalue weighted by Crippen LogP contribution is 2.36. The first kappa shape index (κ1) is 22.1. The van der Waals surface area contributed by atoms with Crippen LogP contribution in [0.2, 0.25) is 0 Å². The number of benzene rings is 2. The molecule has 170 valence electrons. The van der Waals surface area contributed by atoms with Crippen LogP contribution >= 0.6 is 11.8 Å². The van der Waals surface area contributed by atoms with Crippen LogP contribution in [0.25, 0.3) is 6.08 Å². The molecule has 0 radical (unpaired) electrons. The predicted octanol–water partition coefficient (Wildman–Crippen LogP) is 2.83. The summed E-state index contributed by atoms with van der Waals surface area (Å²) in [5.41, 5.74) is 0.960. The fraction of sp³-hybridized carbons (Fsp3) is 0.190. The lowest BCUT2D eigenvalue weighted by atomic mass is 10.1. The van der Waals surface area contributed by atoms with Gasteiger partial charge in [0.1, 0.15) is 0 Å². The normalized spacial score (nSPS) is 15.8. The first-order valence-electron chi connectivity index (χ1n) is 9.77. The van der Waals surface area contributed by atoms with E-state index in [1.165, 1.54) is 12.1 Å². The summed E-state index contributed by atoms with van der Waals surface area (Å²) in [5, 5.41) is 15.9. The number of hydrogen-bond donors (Lipinski definition) is 2. The summed E-state index contributed by atoms with van der Waals surface area (Å²) in [6.07, 6.45) is 1.59. The number of non-ortho nitro benzene ring substituents is 1. The number of nitrogens with zero attached hydrogens (tertiary/aromatic N) is 2. The number of nitrogens with one attached hydrogen (secondary N) is 2. The van der Waals surface area contributed by atoms with E-state index in [4.69, 9.17) is 9.47 Å². The van der Waals surface area contributed by atoms with Gasteiger partial charge in [0.15, 0.2) is 11.5 Å². The highest BCUT2D eigenvalue weighted by Gasteiger charge is 2.34. The zero-order valence-electron chi connectivity index (χ0n) is 17.3. The van der Waals surface area contributed by atoms with Gasteiger partial charge >= 0.3 is 0 Å². The third-order valence-corrected chi connectivity index (χ3v) is 5.82. The molecule has 33 heavy (non-hydrogen) atoms. The zero-order valence-corrected chi connectivity index (χ0v) is 18.1. The Morgan fingerprint density at radius 3 is 2.76 bits per heavy atom. The van der Waals surface area contributed by atoms with Crippen LogP contribution in [0.4, 0.5) is 16.2 Å². The number of anilines is 1. The molecule has 3 amide bonds. The van der Waals surface area contributed by atoms with Crippen molar-refractivity contribution in [3.05, 3.63) is 62.5 Å². The van der Waals surface area contributed by atoms with Crippen molar-refractivity contribution in [2.45, 2.75) is 0 Å². The number of nitro benzene ring substituents is 1. The van der Waals surface area contributed by atoms with E-state index in [2.05, 4.69) is 10.6 Å². The largest absolute Gasteiger partial charge is 0.454 e. The second-order valence-corrected chi connectivity index (χ2v) is 7.93. The van der Waals surface area contributed by atoms with Gasteiger partial charge in [0, 0.05) is 38.0 Å². The molecule has 0 bridgehead atoms. The van der Waals surface area contributed by atoms with E-state index in [0.717, 1.165) is 22.7 Å². The number of carbonyl (C=O) groups is 3. The van der Waals surface area contributed by atoms with E-state index in [1.54, 1.807) is 31.3 Å². The lowest BCUT2D eigenvalue weighted by Gasteiger charge is -2.14. The topological polar surface area (TPSA) is 140 Å². The molecule has 12 heteroatoms. The first-order valence-corrected chi connectivity index (χ1v) is 10.6. The van der Waals surface area contributed by atoms with Gasteiger partial charge in [0.25, 0.3) is 22.7 Å². The predicted molar refractivity (Wildman–Crippen MR) is 120 cm³/mol. The summed E-state index contributed by atoms with van der Waals surface area (Å²) in [5.74, 6) is 0.142.